The molecule has 1 heterocycles. The largest absolute Gasteiger partial charge is 0.236 e. The molecule has 0 atom stereocenters. The van der Waals surface area contributed by atoms with Gasteiger partial charge in [0, 0.05) is 12.4 Å². The van der Waals surface area contributed by atoms with Gasteiger partial charge in [-0.3, -0.25) is 0 Å². The molecule has 0 aliphatic rings. The van der Waals surface area contributed by atoms with Crippen LogP contribution in [0, 0.1) is 12.7 Å². The molecule has 1 aromatic carbocycles. The van der Waals surface area contributed by atoms with Crippen LogP contribution in [0.4, 0.5) is 4.39 Å². The third kappa shape index (κ3) is 1.48. The fourth-order valence-electron chi connectivity index (χ4n) is 1.26. The van der Waals surface area contributed by atoms with E-state index in [1.165, 1.54) is 0 Å². The summed E-state index contributed by atoms with van der Waals surface area (Å²) in [7, 11) is 0. The first kappa shape index (κ1) is 8.81. The molecule has 0 saturated carbocycles. The Morgan fingerprint density at radius 3 is 2.50 bits per heavy atom. The van der Waals surface area contributed by atoms with E-state index in [4.69, 9.17) is 0 Å². The molecule has 0 saturated heterocycles. The summed E-state index contributed by atoms with van der Waals surface area (Å²) < 4.78 is 13.6. The van der Waals surface area contributed by atoms with Gasteiger partial charge in [0.25, 0.3) is 0 Å². The Balaban J connectivity index is 2.58. The maximum absolute atomic E-state index is 13.6. The van der Waals surface area contributed by atoms with Crippen LogP contribution < -0.4 is 0 Å². The predicted octanol–water partition coefficient (Wildman–Crippen LogP) is 2.59. The molecule has 0 N–H and O–H groups in total. The van der Waals surface area contributed by atoms with Gasteiger partial charge >= 0.3 is 0 Å². The van der Waals surface area contributed by atoms with E-state index in [9.17, 15) is 4.39 Å². The Morgan fingerprint density at radius 1 is 1.07 bits per heavy atom. The van der Waals surface area contributed by atoms with Crippen molar-refractivity contribution in [2.75, 3.05) is 0 Å². The monoisotopic (exact) mass is 188 g/mol. The molecular weight excluding hydrogens is 179 g/mol. The van der Waals surface area contributed by atoms with Gasteiger partial charge < -0.3 is 0 Å². The van der Waals surface area contributed by atoms with E-state index in [0.29, 0.717) is 17.0 Å². The summed E-state index contributed by atoms with van der Waals surface area (Å²) in [5.74, 6) is 0.174. The number of hydrogen-bond acceptors (Lipinski definition) is 2. The van der Waals surface area contributed by atoms with Crippen LogP contribution in [0.3, 0.4) is 0 Å². The lowest BCUT2D eigenvalue weighted by Gasteiger charge is -2.02. The number of rotatable bonds is 1. The van der Waals surface area contributed by atoms with Crippen LogP contribution in [0.2, 0.25) is 0 Å². The van der Waals surface area contributed by atoms with Crippen LogP contribution in [-0.4, -0.2) is 9.97 Å². The zero-order chi connectivity index (χ0) is 9.97. The molecule has 0 amide bonds. The Hall–Kier alpha value is -1.77. The van der Waals surface area contributed by atoms with Crippen molar-refractivity contribution >= 4 is 0 Å². The minimum atomic E-state index is -0.251. The molecule has 0 spiro atoms. The van der Waals surface area contributed by atoms with Crippen molar-refractivity contribution in [1.82, 2.24) is 9.97 Å². The van der Waals surface area contributed by atoms with Gasteiger partial charge in [0.15, 0.2) is 5.82 Å². The lowest BCUT2D eigenvalue weighted by Crippen LogP contribution is -1.92. The minimum absolute atomic E-state index is 0.251. The molecule has 70 valence electrons. The Bertz CT molecular complexity index is 440. The average Bonchev–Trinajstić information content (AvgIpc) is 2.23. The second-order valence-electron chi connectivity index (χ2n) is 3.01. The Morgan fingerprint density at radius 2 is 1.79 bits per heavy atom. The van der Waals surface area contributed by atoms with Gasteiger partial charge in [0.05, 0.1) is 5.56 Å². The van der Waals surface area contributed by atoms with Crippen LogP contribution in [0.15, 0.2) is 36.7 Å². The van der Waals surface area contributed by atoms with E-state index >= 15 is 0 Å². The number of aryl methyl sites for hydroxylation is 1. The standard InChI is InChI=1S/C11H9FN2/c1-8-4-2-5-9(10(8)12)11-13-6-3-7-14-11/h2-7H,1H3. The third-order valence-electron chi connectivity index (χ3n) is 2.00. The van der Waals surface area contributed by atoms with Crippen LogP contribution >= 0.6 is 0 Å². The topological polar surface area (TPSA) is 25.8 Å². The zero-order valence-corrected chi connectivity index (χ0v) is 7.74. The van der Waals surface area contributed by atoms with E-state index < -0.39 is 0 Å². The summed E-state index contributed by atoms with van der Waals surface area (Å²) in [6.07, 6.45) is 3.20. The molecule has 1 aromatic heterocycles. The maximum Gasteiger partial charge on any atom is 0.162 e. The second kappa shape index (κ2) is 3.54. The highest BCUT2D eigenvalue weighted by molar-refractivity contribution is 5.56. The second-order valence-corrected chi connectivity index (χ2v) is 3.01. The molecule has 0 fully saturated rings. The highest BCUT2D eigenvalue weighted by atomic mass is 19.1. The quantitative estimate of drug-likeness (QED) is 0.687. The summed E-state index contributed by atoms with van der Waals surface area (Å²) in [4.78, 5) is 8.00. The zero-order valence-electron chi connectivity index (χ0n) is 7.74. The summed E-state index contributed by atoms with van der Waals surface area (Å²) in [5, 5.41) is 0. The summed E-state index contributed by atoms with van der Waals surface area (Å²) >= 11 is 0. The lowest BCUT2D eigenvalue weighted by molar-refractivity contribution is 0.620. The fraction of sp³-hybridized carbons (Fsp3) is 0.0909. The van der Waals surface area contributed by atoms with Crippen molar-refractivity contribution in [3.63, 3.8) is 0 Å². The molecule has 0 aliphatic heterocycles. The molecule has 0 aliphatic carbocycles. The first-order valence-corrected chi connectivity index (χ1v) is 4.31. The van der Waals surface area contributed by atoms with Crippen molar-refractivity contribution in [1.29, 1.82) is 0 Å². The molecular formula is C11H9FN2. The highest BCUT2D eigenvalue weighted by Gasteiger charge is 2.08. The van der Waals surface area contributed by atoms with E-state index in [1.807, 2.05) is 0 Å². The van der Waals surface area contributed by atoms with Crippen molar-refractivity contribution in [3.05, 3.63) is 48.0 Å². The third-order valence-corrected chi connectivity index (χ3v) is 2.00. The van der Waals surface area contributed by atoms with Gasteiger partial charge in [-0.25, -0.2) is 14.4 Å². The van der Waals surface area contributed by atoms with E-state index in [-0.39, 0.29) is 5.82 Å². The summed E-state index contributed by atoms with van der Waals surface area (Å²) in [6.45, 7) is 1.72. The van der Waals surface area contributed by atoms with Crippen LogP contribution in [0.1, 0.15) is 5.56 Å². The molecule has 2 rings (SSSR count). The van der Waals surface area contributed by atoms with Gasteiger partial charge in [-0.1, -0.05) is 12.1 Å². The van der Waals surface area contributed by atoms with Crippen molar-refractivity contribution in [3.8, 4) is 11.4 Å². The molecule has 2 aromatic rings. The van der Waals surface area contributed by atoms with Crippen molar-refractivity contribution in [2.24, 2.45) is 0 Å². The Labute approximate surface area is 81.5 Å². The van der Waals surface area contributed by atoms with Crippen molar-refractivity contribution < 1.29 is 4.39 Å². The molecule has 0 bridgehead atoms. The number of halogens is 1. The van der Waals surface area contributed by atoms with E-state index in [0.717, 1.165) is 0 Å². The number of benzene rings is 1. The SMILES string of the molecule is Cc1cccc(-c2ncccn2)c1F. The summed E-state index contributed by atoms with van der Waals surface area (Å²) in [6, 6.07) is 6.90. The molecule has 3 heteroatoms. The molecule has 0 unspecified atom stereocenters. The fourth-order valence-corrected chi connectivity index (χ4v) is 1.26. The van der Waals surface area contributed by atoms with Gasteiger partial charge in [0.1, 0.15) is 5.82 Å². The van der Waals surface area contributed by atoms with Crippen LogP contribution in [-0.2, 0) is 0 Å². The van der Waals surface area contributed by atoms with E-state index in [2.05, 4.69) is 9.97 Å². The number of nitrogens with zero attached hydrogens (tertiary/aromatic N) is 2. The number of aromatic nitrogens is 2. The Kier molecular flexibility index (Phi) is 2.23. The lowest BCUT2D eigenvalue weighted by atomic mass is 10.1. The first-order chi connectivity index (χ1) is 6.79. The average molecular weight is 188 g/mol. The molecule has 2 nitrogen and oxygen atoms in total. The number of hydrogen-bond donors (Lipinski definition) is 0. The van der Waals surface area contributed by atoms with Gasteiger partial charge in [0.2, 0.25) is 0 Å². The molecule has 14 heavy (non-hydrogen) atoms. The summed E-state index contributed by atoms with van der Waals surface area (Å²) in [5.41, 5.74) is 1.06. The smallest absolute Gasteiger partial charge is 0.162 e. The van der Waals surface area contributed by atoms with Crippen LogP contribution in [0.25, 0.3) is 11.4 Å². The van der Waals surface area contributed by atoms with E-state index in [1.54, 1.807) is 43.6 Å². The first-order valence-electron chi connectivity index (χ1n) is 4.31. The van der Waals surface area contributed by atoms with Crippen molar-refractivity contribution in [2.45, 2.75) is 6.92 Å². The van der Waals surface area contributed by atoms with Gasteiger partial charge in [-0.05, 0) is 24.6 Å². The van der Waals surface area contributed by atoms with Crippen LogP contribution in [0.5, 0.6) is 0 Å². The van der Waals surface area contributed by atoms with Gasteiger partial charge in [-0.15, -0.1) is 0 Å². The van der Waals surface area contributed by atoms with Gasteiger partial charge in [-0.2, -0.15) is 0 Å². The molecule has 0 radical (unpaired) electrons. The predicted molar refractivity (Wildman–Crippen MR) is 52.2 cm³/mol. The highest BCUT2D eigenvalue weighted by Crippen LogP contribution is 2.20. The minimum Gasteiger partial charge on any atom is -0.236 e. The normalized spacial score (nSPS) is 10.1. The maximum atomic E-state index is 13.6.